The molecule has 1 fully saturated rings. The quantitative estimate of drug-likeness (QED) is 0.731. The van der Waals surface area contributed by atoms with Crippen molar-refractivity contribution in [1.82, 2.24) is 20.0 Å². The molecule has 0 aliphatic carbocycles. The molecule has 1 aromatic heterocycles. The van der Waals surface area contributed by atoms with Crippen LogP contribution >= 0.6 is 0 Å². The highest BCUT2D eigenvalue weighted by Crippen LogP contribution is 2.30. The van der Waals surface area contributed by atoms with Gasteiger partial charge in [0.25, 0.3) is 5.91 Å². The van der Waals surface area contributed by atoms with E-state index in [9.17, 15) is 23.1 Å². The Bertz CT molecular complexity index is 559. The molecule has 0 radical (unpaired) electrons. The van der Waals surface area contributed by atoms with E-state index in [1.807, 2.05) is 0 Å². The normalized spacial score (nSPS) is 19.0. The number of rotatable bonds is 7. The monoisotopic (exact) mass is 348 g/mol. The van der Waals surface area contributed by atoms with Crippen LogP contribution in [0.3, 0.4) is 0 Å². The van der Waals surface area contributed by atoms with Crippen LogP contribution in [-0.2, 0) is 13.2 Å². The summed E-state index contributed by atoms with van der Waals surface area (Å²) in [6.07, 6.45) is -0.0210. The van der Waals surface area contributed by atoms with Crippen molar-refractivity contribution in [2.45, 2.75) is 37.9 Å². The van der Waals surface area contributed by atoms with Gasteiger partial charge < -0.3 is 10.4 Å². The van der Waals surface area contributed by atoms with Gasteiger partial charge in [-0.25, -0.2) is 0 Å². The third-order valence-corrected chi connectivity index (χ3v) is 4.21. The van der Waals surface area contributed by atoms with E-state index in [0.717, 1.165) is 43.2 Å². The first-order valence-electron chi connectivity index (χ1n) is 8.07. The molecule has 0 aromatic carbocycles. The number of carbonyl (C=O) groups is 1. The third-order valence-electron chi connectivity index (χ3n) is 4.21. The zero-order chi connectivity index (χ0) is 17.7. The molecule has 1 aromatic rings. The maximum absolute atomic E-state index is 12.8. The van der Waals surface area contributed by atoms with Crippen LogP contribution in [0.4, 0.5) is 13.2 Å². The Morgan fingerprint density at radius 2 is 2.21 bits per heavy atom. The average molecular weight is 348 g/mol. The van der Waals surface area contributed by atoms with Crippen LogP contribution in [-0.4, -0.2) is 58.0 Å². The summed E-state index contributed by atoms with van der Waals surface area (Å²) in [5.41, 5.74) is -1.62. The van der Waals surface area contributed by atoms with Crippen molar-refractivity contribution >= 4 is 5.91 Å². The molecule has 1 unspecified atom stereocenters. The number of nitrogens with zero attached hydrogens (tertiary/aromatic N) is 3. The number of likely N-dealkylation sites (tertiary alicyclic amines) is 1. The zero-order valence-corrected chi connectivity index (χ0v) is 13.6. The lowest BCUT2D eigenvalue weighted by molar-refractivity contribution is -0.141. The van der Waals surface area contributed by atoms with Crippen LogP contribution in [0.1, 0.15) is 41.7 Å². The molecule has 9 heteroatoms. The fraction of sp³-hybridized carbons (Fsp3) is 0.733. The van der Waals surface area contributed by atoms with Gasteiger partial charge in [-0.15, -0.1) is 0 Å². The highest BCUT2D eigenvalue weighted by atomic mass is 19.4. The van der Waals surface area contributed by atoms with Gasteiger partial charge in [-0.1, -0.05) is 0 Å². The summed E-state index contributed by atoms with van der Waals surface area (Å²) in [7, 11) is 1.35. The zero-order valence-electron chi connectivity index (χ0n) is 13.6. The lowest BCUT2D eigenvalue weighted by atomic mass is 10.2. The molecule has 1 aliphatic rings. The average Bonchev–Trinajstić information content (AvgIpc) is 3.12. The predicted molar refractivity (Wildman–Crippen MR) is 81.5 cm³/mol. The summed E-state index contributed by atoms with van der Waals surface area (Å²) in [5, 5.41) is 15.1. The molecular formula is C15H23F3N4O2. The number of hydrogen-bond acceptors (Lipinski definition) is 4. The molecule has 2 heterocycles. The van der Waals surface area contributed by atoms with Gasteiger partial charge in [0.1, 0.15) is 0 Å². The first-order chi connectivity index (χ1) is 11.3. The minimum Gasteiger partial charge on any atom is -0.395 e. The Kier molecular flexibility index (Phi) is 6.22. The van der Waals surface area contributed by atoms with Gasteiger partial charge in [-0.05, 0) is 38.8 Å². The van der Waals surface area contributed by atoms with E-state index in [4.69, 9.17) is 0 Å². The highest BCUT2D eigenvalue weighted by molar-refractivity contribution is 5.95. The number of unbranched alkanes of at least 4 members (excludes halogenated alkanes) is 1. The maximum atomic E-state index is 12.8. The number of halogens is 3. The topological polar surface area (TPSA) is 70.4 Å². The first kappa shape index (κ1) is 18.7. The molecular weight excluding hydrogens is 325 g/mol. The largest absolute Gasteiger partial charge is 0.435 e. The van der Waals surface area contributed by atoms with Crippen molar-refractivity contribution in [1.29, 1.82) is 0 Å². The molecule has 0 saturated carbocycles. The van der Waals surface area contributed by atoms with Crippen molar-refractivity contribution in [2.75, 3.05) is 26.2 Å². The Morgan fingerprint density at radius 1 is 1.46 bits per heavy atom. The minimum atomic E-state index is -4.65. The van der Waals surface area contributed by atoms with Gasteiger partial charge in [0, 0.05) is 25.8 Å². The molecule has 136 valence electrons. The number of aromatic nitrogens is 2. The van der Waals surface area contributed by atoms with Crippen LogP contribution in [0.15, 0.2) is 6.20 Å². The summed E-state index contributed by atoms with van der Waals surface area (Å²) >= 11 is 0. The Morgan fingerprint density at radius 3 is 2.88 bits per heavy atom. The van der Waals surface area contributed by atoms with Crippen LogP contribution in [0.5, 0.6) is 0 Å². The van der Waals surface area contributed by atoms with E-state index in [1.165, 1.54) is 7.05 Å². The van der Waals surface area contributed by atoms with Gasteiger partial charge in [0.15, 0.2) is 5.69 Å². The highest BCUT2D eigenvalue weighted by Gasteiger charge is 2.38. The van der Waals surface area contributed by atoms with Gasteiger partial charge in [-0.3, -0.25) is 14.4 Å². The molecule has 1 saturated heterocycles. The van der Waals surface area contributed by atoms with E-state index in [2.05, 4.69) is 15.3 Å². The van der Waals surface area contributed by atoms with Crippen LogP contribution in [0, 0.1) is 0 Å². The number of alkyl halides is 3. The number of nitrogens with one attached hydrogen (secondary N) is 1. The van der Waals surface area contributed by atoms with Crippen molar-refractivity contribution in [3.05, 3.63) is 17.5 Å². The minimum absolute atomic E-state index is 0.151. The fourth-order valence-corrected chi connectivity index (χ4v) is 3.00. The molecule has 0 bridgehead atoms. The van der Waals surface area contributed by atoms with Crippen LogP contribution < -0.4 is 5.32 Å². The number of carbonyl (C=O) groups excluding carboxylic acids is 1. The van der Waals surface area contributed by atoms with E-state index in [0.29, 0.717) is 13.0 Å². The molecule has 1 aliphatic heterocycles. The lowest BCUT2D eigenvalue weighted by Gasteiger charge is -2.22. The van der Waals surface area contributed by atoms with Crippen molar-refractivity contribution in [2.24, 2.45) is 7.05 Å². The third kappa shape index (κ3) is 4.70. The van der Waals surface area contributed by atoms with Gasteiger partial charge in [-0.2, -0.15) is 18.3 Å². The summed E-state index contributed by atoms with van der Waals surface area (Å²) in [6.45, 7) is 2.24. The fourth-order valence-electron chi connectivity index (χ4n) is 3.00. The standard InChI is InChI=1S/C15H23F3N4O2/c1-21-9-12(13(20-21)15(16,17)18)14(24)19-6-2-3-7-22-8-4-5-11(22)10-23/h9,11,23H,2-8,10H2,1H3,(H,19,24). The van der Waals surface area contributed by atoms with Crippen molar-refractivity contribution in [3.63, 3.8) is 0 Å². The summed E-state index contributed by atoms with van der Waals surface area (Å²) in [4.78, 5) is 14.1. The van der Waals surface area contributed by atoms with E-state index in [-0.39, 0.29) is 12.6 Å². The maximum Gasteiger partial charge on any atom is 0.435 e. The second-order valence-electron chi connectivity index (χ2n) is 6.04. The first-order valence-corrected chi connectivity index (χ1v) is 8.07. The SMILES string of the molecule is Cn1cc(C(=O)NCCCCN2CCCC2CO)c(C(F)(F)F)n1. The van der Waals surface area contributed by atoms with Crippen molar-refractivity contribution in [3.8, 4) is 0 Å². The van der Waals surface area contributed by atoms with E-state index in [1.54, 1.807) is 0 Å². The van der Waals surface area contributed by atoms with Gasteiger partial charge in [0.2, 0.25) is 0 Å². The Labute approximate surface area is 138 Å². The number of aliphatic hydroxyl groups is 1. The van der Waals surface area contributed by atoms with E-state index >= 15 is 0 Å². The summed E-state index contributed by atoms with van der Waals surface area (Å²) in [6, 6.07) is 0.212. The second-order valence-corrected chi connectivity index (χ2v) is 6.04. The second kappa shape index (κ2) is 7.98. The lowest BCUT2D eigenvalue weighted by Crippen LogP contribution is -2.33. The summed E-state index contributed by atoms with van der Waals surface area (Å²) in [5.74, 6) is -0.759. The number of aliphatic hydroxyl groups excluding tert-OH is 1. The molecule has 1 atom stereocenters. The molecule has 2 N–H and O–H groups in total. The predicted octanol–water partition coefficient (Wildman–Crippen LogP) is 1.41. The molecule has 24 heavy (non-hydrogen) atoms. The molecule has 6 nitrogen and oxygen atoms in total. The van der Waals surface area contributed by atoms with Gasteiger partial charge >= 0.3 is 6.18 Å². The molecule has 2 rings (SSSR count). The number of aryl methyl sites for hydroxylation is 1. The van der Waals surface area contributed by atoms with Gasteiger partial charge in [0.05, 0.1) is 12.2 Å². The smallest absolute Gasteiger partial charge is 0.395 e. The van der Waals surface area contributed by atoms with Crippen LogP contribution in [0.25, 0.3) is 0 Å². The molecule has 0 spiro atoms. The van der Waals surface area contributed by atoms with Crippen LogP contribution in [0.2, 0.25) is 0 Å². The Balaban J connectivity index is 1.76. The molecule has 1 amide bonds. The summed E-state index contributed by atoms with van der Waals surface area (Å²) < 4.78 is 39.5. The Hall–Kier alpha value is -1.61. The number of amides is 1. The number of hydrogen-bond donors (Lipinski definition) is 2. The van der Waals surface area contributed by atoms with Crippen molar-refractivity contribution < 1.29 is 23.1 Å². The van der Waals surface area contributed by atoms with E-state index < -0.39 is 23.3 Å².